The maximum Gasteiger partial charge on any atom is 0.169 e. The molecule has 2 saturated carbocycles. The van der Waals surface area contributed by atoms with Gasteiger partial charge in [0.25, 0.3) is 0 Å². The number of nitrogens with zero attached hydrogens (tertiary/aromatic N) is 2. The first-order chi connectivity index (χ1) is 21.3. The Labute approximate surface area is 264 Å². The number of carbonyl (C=O) groups excluding carboxylic acids is 2. The number of ketones is 2. The number of ether oxygens (including phenoxy) is 1. The minimum absolute atomic E-state index is 0.0483. The fourth-order valence-corrected chi connectivity index (χ4v) is 8.81. The molecule has 2 saturated heterocycles. The molecule has 8 rings (SSSR count). The maximum atomic E-state index is 13.2. The van der Waals surface area contributed by atoms with E-state index in [1.165, 1.54) is 61.0 Å². The van der Waals surface area contributed by atoms with E-state index in [1.54, 1.807) is 7.11 Å². The number of carbonyl (C=O) groups is 2. The smallest absolute Gasteiger partial charge is 0.169 e. The highest BCUT2D eigenvalue weighted by Gasteiger charge is 2.46. The van der Waals surface area contributed by atoms with Gasteiger partial charge in [-0.3, -0.25) is 9.59 Å². The highest BCUT2D eigenvalue weighted by atomic mass is 16.5. The van der Waals surface area contributed by atoms with Gasteiger partial charge in [-0.15, -0.1) is 0 Å². The molecule has 2 aromatic rings. The molecule has 44 heavy (non-hydrogen) atoms. The fourth-order valence-electron chi connectivity index (χ4n) is 8.81. The van der Waals surface area contributed by atoms with Gasteiger partial charge in [0.2, 0.25) is 0 Å². The van der Waals surface area contributed by atoms with Crippen molar-refractivity contribution in [1.29, 1.82) is 0 Å². The maximum absolute atomic E-state index is 13.2. The quantitative estimate of drug-likeness (QED) is 0.364. The lowest BCUT2D eigenvalue weighted by Gasteiger charge is -2.43. The van der Waals surface area contributed by atoms with E-state index >= 15 is 0 Å². The second-order valence-electron chi connectivity index (χ2n) is 15.3. The summed E-state index contributed by atoms with van der Waals surface area (Å²) in [6.07, 6.45) is 14.1. The lowest BCUT2D eigenvalue weighted by Crippen LogP contribution is -2.47. The van der Waals surface area contributed by atoms with E-state index in [1.807, 2.05) is 18.2 Å². The minimum Gasteiger partial charge on any atom is -0.497 e. The molecule has 5 nitrogen and oxygen atoms in total. The summed E-state index contributed by atoms with van der Waals surface area (Å²) in [4.78, 5) is 31.5. The van der Waals surface area contributed by atoms with Crippen LogP contribution in [0.5, 0.6) is 5.75 Å². The number of Topliss-reactive ketones (excluding diaryl/α,β-unsaturated/α-hetero) is 2. The van der Waals surface area contributed by atoms with Crippen molar-refractivity contribution in [2.75, 3.05) is 46.4 Å². The van der Waals surface area contributed by atoms with Crippen LogP contribution in [-0.2, 0) is 12.8 Å². The van der Waals surface area contributed by atoms with Crippen molar-refractivity contribution in [3.8, 4) is 5.75 Å². The van der Waals surface area contributed by atoms with Gasteiger partial charge >= 0.3 is 0 Å². The minimum atomic E-state index is -0.0817. The molecule has 5 heteroatoms. The summed E-state index contributed by atoms with van der Waals surface area (Å²) in [5.41, 5.74) is 6.89. The average molecular weight is 597 g/mol. The van der Waals surface area contributed by atoms with Crippen LogP contribution in [0.15, 0.2) is 30.3 Å². The lowest BCUT2D eigenvalue weighted by atomic mass is 9.64. The van der Waals surface area contributed by atoms with E-state index in [9.17, 15) is 9.59 Å². The molecule has 6 aliphatic rings. The summed E-state index contributed by atoms with van der Waals surface area (Å²) in [6, 6.07) is 10.3. The van der Waals surface area contributed by atoms with Gasteiger partial charge < -0.3 is 14.5 Å². The number of hydrogen-bond acceptors (Lipinski definition) is 5. The molecule has 0 aromatic heterocycles. The third-order valence-corrected chi connectivity index (χ3v) is 12.2. The molecule has 0 N–H and O–H groups in total. The van der Waals surface area contributed by atoms with Crippen molar-refractivity contribution in [1.82, 2.24) is 9.80 Å². The van der Waals surface area contributed by atoms with E-state index in [2.05, 4.69) is 35.8 Å². The van der Waals surface area contributed by atoms with Crippen LogP contribution in [-0.4, -0.2) is 67.7 Å². The molecule has 2 aliphatic heterocycles. The highest BCUT2D eigenvalue weighted by Crippen LogP contribution is 2.46. The summed E-state index contributed by atoms with van der Waals surface area (Å²) in [5.74, 6) is 3.61. The molecule has 2 heterocycles. The zero-order chi connectivity index (χ0) is 30.5. The van der Waals surface area contributed by atoms with Crippen LogP contribution < -0.4 is 4.74 Å². The first-order valence-corrected chi connectivity index (χ1v) is 17.6. The molecule has 2 spiro atoms. The molecule has 0 bridgehead atoms. The van der Waals surface area contributed by atoms with E-state index in [0.717, 1.165) is 106 Å². The molecule has 2 aromatic carbocycles. The fraction of sp³-hybridized carbons (Fsp3) is 0.641. The number of methoxy groups -OCH3 is 1. The molecule has 0 radical (unpaired) electrons. The van der Waals surface area contributed by atoms with Crippen molar-refractivity contribution < 1.29 is 14.3 Å². The number of rotatable bonds is 5. The Kier molecular flexibility index (Phi) is 8.24. The number of likely N-dealkylation sites (tertiary alicyclic amines) is 2. The third kappa shape index (κ3) is 6.03. The van der Waals surface area contributed by atoms with Gasteiger partial charge in [-0.2, -0.15) is 0 Å². The van der Waals surface area contributed by atoms with Crippen LogP contribution in [0.3, 0.4) is 0 Å². The lowest BCUT2D eigenvalue weighted by molar-refractivity contribution is 0.0530. The topological polar surface area (TPSA) is 49.9 Å². The molecular weight excluding hydrogens is 544 g/mol. The van der Waals surface area contributed by atoms with Crippen LogP contribution in [0, 0.1) is 36.5 Å². The molecule has 4 fully saturated rings. The molecule has 4 aliphatic carbocycles. The van der Waals surface area contributed by atoms with Crippen LogP contribution in [0.25, 0.3) is 0 Å². The van der Waals surface area contributed by atoms with E-state index in [4.69, 9.17) is 4.74 Å². The van der Waals surface area contributed by atoms with Crippen LogP contribution >= 0.6 is 0 Å². The Morgan fingerprint density at radius 1 is 0.705 bits per heavy atom. The Hall–Kier alpha value is -2.50. The Morgan fingerprint density at radius 2 is 1.25 bits per heavy atom. The second-order valence-corrected chi connectivity index (χ2v) is 15.3. The predicted molar refractivity (Wildman–Crippen MR) is 176 cm³/mol. The van der Waals surface area contributed by atoms with E-state index < -0.39 is 0 Å². The Balaban J connectivity index is 0.000000142. The monoisotopic (exact) mass is 596 g/mol. The normalized spacial score (nSPS) is 24.4. The van der Waals surface area contributed by atoms with Gasteiger partial charge in [-0.05, 0) is 170 Å². The van der Waals surface area contributed by atoms with E-state index in [0.29, 0.717) is 11.6 Å². The van der Waals surface area contributed by atoms with E-state index in [-0.39, 0.29) is 10.8 Å². The second kappa shape index (κ2) is 12.0. The van der Waals surface area contributed by atoms with Crippen molar-refractivity contribution in [3.63, 3.8) is 0 Å². The number of fused-ring (bicyclic) bond motifs is 2. The van der Waals surface area contributed by atoms with Crippen LogP contribution in [0.2, 0.25) is 0 Å². The Morgan fingerprint density at radius 3 is 1.80 bits per heavy atom. The van der Waals surface area contributed by atoms with Crippen molar-refractivity contribution in [3.05, 3.63) is 63.7 Å². The Bertz CT molecular complexity index is 1400. The molecule has 0 amide bonds. The predicted octanol–water partition coefficient (Wildman–Crippen LogP) is 7.24. The largest absolute Gasteiger partial charge is 0.497 e. The molecule has 236 valence electrons. The van der Waals surface area contributed by atoms with Crippen molar-refractivity contribution in [2.24, 2.45) is 22.7 Å². The number of aryl methyl sites for hydroxylation is 3. The summed E-state index contributed by atoms with van der Waals surface area (Å²) < 4.78 is 5.29. The summed E-state index contributed by atoms with van der Waals surface area (Å²) in [5, 5.41) is 0. The standard InChI is InChI=1S/C20H27NO.C19H25NO2/c1-14-11-15(2)17-5-6-20(19(22)18(17)12-14)7-9-21(10-8-20)13-16-3-4-16;1-22-16-4-5-17-15(12-16)6-7-19(18(17)21)8-10-20(11-9-19)13-14-2-3-14/h11-12,16H,3-10,13H2,1-2H3;4-5,12,14H,2-3,6-11,13H2,1H3. The van der Waals surface area contributed by atoms with Gasteiger partial charge in [0.15, 0.2) is 11.6 Å². The third-order valence-electron chi connectivity index (χ3n) is 12.2. The zero-order valence-corrected chi connectivity index (χ0v) is 27.4. The van der Waals surface area contributed by atoms with Gasteiger partial charge in [0, 0.05) is 35.0 Å². The van der Waals surface area contributed by atoms with Gasteiger partial charge in [0.05, 0.1) is 7.11 Å². The summed E-state index contributed by atoms with van der Waals surface area (Å²) >= 11 is 0. The van der Waals surface area contributed by atoms with Crippen molar-refractivity contribution >= 4 is 11.6 Å². The van der Waals surface area contributed by atoms with Gasteiger partial charge in [-0.25, -0.2) is 0 Å². The molecule has 0 unspecified atom stereocenters. The molecule has 0 atom stereocenters. The first kappa shape index (κ1) is 30.2. The van der Waals surface area contributed by atoms with Crippen LogP contribution in [0.4, 0.5) is 0 Å². The summed E-state index contributed by atoms with van der Waals surface area (Å²) in [6.45, 7) is 11.3. The van der Waals surface area contributed by atoms with Crippen LogP contribution in [0.1, 0.15) is 107 Å². The van der Waals surface area contributed by atoms with Gasteiger partial charge in [0.1, 0.15) is 5.75 Å². The summed E-state index contributed by atoms with van der Waals surface area (Å²) in [7, 11) is 1.68. The van der Waals surface area contributed by atoms with Gasteiger partial charge in [-0.1, -0.05) is 11.6 Å². The first-order valence-electron chi connectivity index (χ1n) is 17.6. The average Bonchev–Trinajstić information content (AvgIpc) is 3.98. The van der Waals surface area contributed by atoms with Crippen molar-refractivity contribution in [2.45, 2.75) is 90.9 Å². The number of benzene rings is 2. The number of hydrogen-bond donors (Lipinski definition) is 0. The zero-order valence-electron chi connectivity index (χ0n) is 27.4. The highest BCUT2D eigenvalue weighted by molar-refractivity contribution is 6.04. The SMILES string of the molecule is COc1ccc2c(c1)CCC1(CCN(CC3CC3)CC1)C2=O.Cc1cc(C)c2c(c1)C(=O)C1(CC2)CCN(CC2CC2)CC1. The number of piperidine rings is 2. The molecular formula is C39H52N2O3.